The number of hydrogen-bond acceptors (Lipinski definition) is 2. The Kier molecular flexibility index (Phi) is 5.71. The van der Waals surface area contributed by atoms with E-state index < -0.39 is 19.0 Å². The number of nitrogens with one attached hydrogen (secondary N) is 1. The number of benzene rings is 1. The lowest BCUT2D eigenvalue weighted by Crippen LogP contribution is -2.45. The molecule has 0 spiro atoms. The van der Waals surface area contributed by atoms with Crippen LogP contribution in [0.4, 0.5) is 13.6 Å². The van der Waals surface area contributed by atoms with Crippen molar-refractivity contribution in [2.24, 2.45) is 0 Å². The van der Waals surface area contributed by atoms with Crippen LogP contribution in [-0.4, -0.2) is 42.2 Å². The van der Waals surface area contributed by atoms with Gasteiger partial charge >= 0.3 is 6.03 Å². The largest absolute Gasteiger partial charge is 0.395 e. The molecular formula is C16H22F2N2O2. The normalized spacial score (nSPS) is 17.2. The molecule has 6 heteroatoms. The maximum Gasteiger partial charge on any atom is 0.318 e. The third-order valence-electron chi connectivity index (χ3n) is 3.93. The van der Waals surface area contributed by atoms with E-state index in [1.165, 1.54) is 5.56 Å². The van der Waals surface area contributed by atoms with E-state index in [9.17, 15) is 13.6 Å². The van der Waals surface area contributed by atoms with Gasteiger partial charge in [-0.3, -0.25) is 0 Å². The smallest absolute Gasteiger partial charge is 0.318 e. The maximum atomic E-state index is 12.5. The predicted octanol–water partition coefficient (Wildman–Crippen LogP) is 2.64. The van der Waals surface area contributed by atoms with Gasteiger partial charge in [-0.05, 0) is 37.3 Å². The van der Waals surface area contributed by atoms with Crippen LogP contribution >= 0.6 is 0 Å². The van der Waals surface area contributed by atoms with Crippen molar-refractivity contribution in [3.8, 4) is 0 Å². The summed E-state index contributed by atoms with van der Waals surface area (Å²) in [5.41, 5.74) is 3.38. The number of carbonyl (C=O) groups excluding carboxylic acids is 1. The molecule has 0 fully saturated rings. The number of aryl methyl sites for hydroxylation is 2. The molecule has 1 atom stereocenters. The van der Waals surface area contributed by atoms with Crippen LogP contribution in [0.15, 0.2) is 18.2 Å². The number of fused-ring (bicyclic) bond motifs is 1. The number of rotatable bonds is 5. The monoisotopic (exact) mass is 312 g/mol. The summed E-state index contributed by atoms with van der Waals surface area (Å²) in [6.45, 7) is 0.895. The van der Waals surface area contributed by atoms with Crippen molar-refractivity contribution in [1.82, 2.24) is 10.2 Å². The van der Waals surface area contributed by atoms with E-state index in [4.69, 9.17) is 5.11 Å². The summed E-state index contributed by atoms with van der Waals surface area (Å²) in [5, 5.41) is 11.8. The highest BCUT2D eigenvalue weighted by atomic mass is 19.3. The Morgan fingerprint density at radius 1 is 1.50 bits per heavy atom. The highest BCUT2D eigenvalue weighted by Gasteiger charge is 2.25. The summed E-state index contributed by atoms with van der Waals surface area (Å²) in [5.74, 6) is 0. The fraction of sp³-hybridized carbons (Fsp3) is 0.562. The van der Waals surface area contributed by atoms with Crippen molar-refractivity contribution in [2.75, 3.05) is 19.7 Å². The molecule has 0 radical (unpaired) electrons. The van der Waals surface area contributed by atoms with Crippen molar-refractivity contribution in [3.63, 3.8) is 0 Å². The first-order valence-electron chi connectivity index (χ1n) is 7.55. The van der Waals surface area contributed by atoms with Crippen LogP contribution in [-0.2, 0) is 6.42 Å². The first-order valence-corrected chi connectivity index (χ1v) is 7.55. The Balaban J connectivity index is 2.10. The van der Waals surface area contributed by atoms with E-state index in [0.717, 1.165) is 35.3 Å². The third-order valence-corrected chi connectivity index (χ3v) is 3.93. The molecule has 1 aliphatic rings. The van der Waals surface area contributed by atoms with Gasteiger partial charge in [-0.25, -0.2) is 13.6 Å². The van der Waals surface area contributed by atoms with E-state index in [2.05, 4.69) is 11.4 Å². The van der Waals surface area contributed by atoms with E-state index in [-0.39, 0.29) is 19.2 Å². The number of urea groups is 1. The van der Waals surface area contributed by atoms with Crippen LogP contribution in [0.5, 0.6) is 0 Å². The predicted molar refractivity (Wildman–Crippen MR) is 80.1 cm³/mol. The van der Waals surface area contributed by atoms with Gasteiger partial charge in [-0.15, -0.1) is 0 Å². The SMILES string of the molecule is Cc1ccc2c(c1)C(NC(=O)N(CCO)CC(F)F)CCC2. The Labute approximate surface area is 129 Å². The lowest BCUT2D eigenvalue weighted by Gasteiger charge is -2.30. The van der Waals surface area contributed by atoms with Crippen LogP contribution in [0, 0.1) is 6.92 Å². The maximum absolute atomic E-state index is 12.5. The van der Waals surface area contributed by atoms with E-state index >= 15 is 0 Å². The molecule has 2 N–H and O–H groups in total. The van der Waals surface area contributed by atoms with Gasteiger partial charge < -0.3 is 15.3 Å². The van der Waals surface area contributed by atoms with Crippen LogP contribution in [0.1, 0.15) is 35.6 Å². The Hall–Kier alpha value is -1.69. The molecule has 1 aromatic carbocycles. The van der Waals surface area contributed by atoms with Crippen molar-refractivity contribution in [3.05, 3.63) is 34.9 Å². The number of aliphatic hydroxyl groups is 1. The molecule has 2 amide bonds. The van der Waals surface area contributed by atoms with Gasteiger partial charge in [0.1, 0.15) is 0 Å². The van der Waals surface area contributed by atoms with Gasteiger partial charge in [0.15, 0.2) is 0 Å². The molecule has 22 heavy (non-hydrogen) atoms. The Morgan fingerprint density at radius 3 is 2.95 bits per heavy atom. The number of amides is 2. The zero-order valence-corrected chi connectivity index (χ0v) is 12.7. The number of alkyl halides is 2. The number of hydrogen-bond donors (Lipinski definition) is 2. The van der Waals surface area contributed by atoms with Gasteiger partial charge in [0.25, 0.3) is 6.43 Å². The molecule has 1 aliphatic carbocycles. The molecule has 0 heterocycles. The number of halogens is 2. The molecule has 0 bridgehead atoms. The highest BCUT2D eigenvalue weighted by molar-refractivity contribution is 5.75. The minimum Gasteiger partial charge on any atom is -0.395 e. The van der Waals surface area contributed by atoms with Crippen LogP contribution < -0.4 is 5.32 Å². The average Bonchev–Trinajstić information content (AvgIpc) is 2.47. The summed E-state index contributed by atoms with van der Waals surface area (Å²) in [6.07, 6.45) is 0.109. The molecule has 0 aliphatic heterocycles. The minimum atomic E-state index is -2.61. The summed E-state index contributed by atoms with van der Waals surface area (Å²) in [6, 6.07) is 5.44. The van der Waals surface area contributed by atoms with Gasteiger partial charge in [-0.1, -0.05) is 23.8 Å². The molecule has 2 rings (SSSR count). The highest BCUT2D eigenvalue weighted by Crippen LogP contribution is 2.30. The average molecular weight is 312 g/mol. The molecule has 1 unspecified atom stereocenters. The minimum absolute atomic E-state index is 0.0937. The lowest BCUT2D eigenvalue weighted by molar-refractivity contribution is 0.0891. The Morgan fingerprint density at radius 2 is 2.27 bits per heavy atom. The van der Waals surface area contributed by atoms with Crippen molar-refractivity contribution >= 4 is 6.03 Å². The molecule has 122 valence electrons. The van der Waals surface area contributed by atoms with Gasteiger partial charge in [-0.2, -0.15) is 0 Å². The van der Waals surface area contributed by atoms with Crippen LogP contribution in [0.2, 0.25) is 0 Å². The third kappa shape index (κ3) is 4.16. The fourth-order valence-electron chi connectivity index (χ4n) is 2.87. The van der Waals surface area contributed by atoms with Crippen LogP contribution in [0.3, 0.4) is 0 Å². The fourth-order valence-corrected chi connectivity index (χ4v) is 2.87. The standard InChI is InChI=1S/C16H22F2N2O2/c1-11-5-6-12-3-2-4-14(13(12)9-11)19-16(22)20(7-8-21)10-15(17)18/h5-6,9,14-15,21H,2-4,7-8,10H2,1H3,(H,19,22). The second-order valence-electron chi connectivity index (χ2n) is 5.66. The second-order valence-corrected chi connectivity index (χ2v) is 5.66. The summed E-state index contributed by atoms with van der Waals surface area (Å²) in [7, 11) is 0. The van der Waals surface area contributed by atoms with Crippen LogP contribution in [0.25, 0.3) is 0 Å². The Bertz CT molecular complexity index is 523. The second kappa shape index (κ2) is 7.54. The van der Waals surface area contributed by atoms with E-state index in [1.807, 2.05) is 19.1 Å². The summed E-state index contributed by atoms with van der Waals surface area (Å²) >= 11 is 0. The number of nitrogens with zero attached hydrogens (tertiary/aromatic N) is 1. The zero-order chi connectivity index (χ0) is 16.1. The lowest BCUT2D eigenvalue weighted by atomic mass is 9.87. The van der Waals surface area contributed by atoms with Crippen molar-refractivity contribution in [2.45, 2.75) is 38.7 Å². The van der Waals surface area contributed by atoms with E-state index in [0.29, 0.717) is 0 Å². The molecular weight excluding hydrogens is 290 g/mol. The molecule has 4 nitrogen and oxygen atoms in total. The molecule has 0 saturated heterocycles. The number of aliphatic hydroxyl groups excluding tert-OH is 1. The first-order chi connectivity index (χ1) is 10.5. The molecule has 0 aromatic heterocycles. The zero-order valence-electron chi connectivity index (χ0n) is 12.7. The molecule has 1 aromatic rings. The first kappa shape index (κ1) is 16.7. The molecule has 0 saturated carbocycles. The van der Waals surface area contributed by atoms with Gasteiger partial charge in [0, 0.05) is 6.54 Å². The summed E-state index contributed by atoms with van der Waals surface area (Å²) in [4.78, 5) is 13.2. The van der Waals surface area contributed by atoms with Crippen molar-refractivity contribution < 1.29 is 18.7 Å². The number of carbonyl (C=O) groups is 1. The summed E-state index contributed by atoms with van der Waals surface area (Å²) < 4.78 is 25.1. The van der Waals surface area contributed by atoms with E-state index in [1.54, 1.807) is 0 Å². The topological polar surface area (TPSA) is 52.6 Å². The van der Waals surface area contributed by atoms with Gasteiger partial charge in [0.05, 0.1) is 19.2 Å². The van der Waals surface area contributed by atoms with Gasteiger partial charge in [0.2, 0.25) is 0 Å². The van der Waals surface area contributed by atoms with Crippen molar-refractivity contribution in [1.29, 1.82) is 0 Å². The quantitative estimate of drug-likeness (QED) is 0.878.